The van der Waals surface area contributed by atoms with Gasteiger partial charge in [0.05, 0.1) is 18.4 Å². The van der Waals surface area contributed by atoms with Gasteiger partial charge < -0.3 is 4.90 Å². The third-order valence-electron chi connectivity index (χ3n) is 4.57. The molecule has 0 saturated carbocycles. The maximum atomic E-state index is 13.0. The highest BCUT2D eigenvalue weighted by atomic mass is 32.1. The minimum absolute atomic E-state index is 0.0276. The molecule has 0 saturated heterocycles. The van der Waals surface area contributed by atoms with Crippen LogP contribution in [-0.4, -0.2) is 32.6 Å². The molecule has 0 fully saturated rings. The van der Waals surface area contributed by atoms with E-state index >= 15 is 0 Å². The molecule has 3 aromatic rings. The highest BCUT2D eigenvalue weighted by Gasteiger charge is 2.32. The highest BCUT2D eigenvalue weighted by Crippen LogP contribution is 2.34. The minimum atomic E-state index is -4.40. The second-order valence-electron chi connectivity index (χ2n) is 6.62. The number of alkyl halides is 3. The highest BCUT2D eigenvalue weighted by molar-refractivity contribution is 7.12. The van der Waals surface area contributed by atoms with Crippen molar-refractivity contribution in [3.8, 4) is 0 Å². The standard InChI is InChI=1S/C19H15F4N5OS/c20-13-1-3-15(24-9-13)12-5-7-27(8-6-12)17-25-11-28(18(29)26-17)10-14-2-4-16(30-14)19(21,22)23/h1-5,9,11H,6-8,10H2. The number of anilines is 1. The molecule has 0 bridgehead atoms. The maximum absolute atomic E-state index is 13.0. The molecule has 0 amide bonds. The van der Waals surface area contributed by atoms with Crippen LogP contribution in [0.5, 0.6) is 0 Å². The Labute approximate surface area is 172 Å². The van der Waals surface area contributed by atoms with E-state index in [1.54, 1.807) is 6.07 Å². The van der Waals surface area contributed by atoms with Gasteiger partial charge in [-0.15, -0.1) is 11.3 Å². The molecule has 1 aliphatic rings. The average Bonchev–Trinajstić information content (AvgIpc) is 3.20. The summed E-state index contributed by atoms with van der Waals surface area (Å²) < 4.78 is 52.3. The summed E-state index contributed by atoms with van der Waals surface area (Å²) in [6.07, 6.45) is 0.594. The fourth-order valence-corrected chi connectivity index (χ4v) is 3.92. The lowest BCUT2D eigenvalue weighted by molar-refractivity contribution is -0.134. The molecule has 4 heterocycles. The van der Waals surface area contributed by atoms with Crippen molar-refractivity contribution in [2.45, 2.75) is 19.1 Å². The summed E-state index contributed by atoms with van der Waals surface area (Å²) >= 11 is 0.587. The molecular weight excluding hydrogens is 422 g/mol. The van der Waals surface area contributed by atoms with Gasteiger partial charge in [0, 0.05) is 18.0 Å². The third-order valence-corrected chi connectivity index (χ3v) is 5.68. The normalized spacial score (nSPS) is 14.7. The second-order valence-corrected chi connectivity index (χ2v) is 7.79. The number of aromatic nitrogens is 4. The zero-order valence-corrected chi connectivity index (χ0v) is 16.3. The molecule has 3 aromatic heterocycles. The number of rotatable bonds is 4. The van der Waals surface area contributed by atoms with Crippen LogP contribution in [0.15, 0.2) is 47.7 Å². The van der Waals surface area contributed by atoms with Gasteiger partial charge in [0.25, 0.3) is 0 Å². The summed E-state index contributed by atoms with van der Waals surface area (Å²) in [6.45, 7) is 0.978. The fourth-order valence-electron chi connectivity index (χ4n) is 3.04. The molecule has 30 heavy (non-hydrogen) atoms. The predicted molar refractivity (Wildman–Crippen MR) is 104 cm³/mol. The Bertz CT molecular complexity index is 1140. The van der Waals surface area contributed by atoms with Crippen molar-refractivity contribution in [1.29, 1.82) is 0 Å². The van der Waals surface area contributed by atoms with Crippen molar-refractivity contribution in [3.05, 3.63) is 74.6 Å². The topological polar surface area (TPSA) is 63.9 Å². The van der Waals surface area contributed by atoms with E-state index in [1.165, 1.54) is 23.0 Å². The molecule has 0 radical (unpaired) electrons. The zero-order valence-electron chi connectivity index (χ0n) is 15.4. The third kappa shape index (κ3) is 4.40. The van der Waals surface area contributed by atoms with Gasteiger partial charge in [-0.3, -0.25) is 9.55 Å². The quantitative estimate of drug-likeness (QED) is 0.584. The van der Waals surface area contributed by atoms with Gasteiger partial charge in [-0.2, -0.15) is 18.2 Å². The average molecular weight is 437 g/mol. The smallest absolute Gasteiger partial charge is 0.337 e. The van der Waals surface area contributed by atoms with Crippen LogP contribution in [-0.2, 0) is 12.7 Å². The molecule has 0 unspecified atom stereocenters. The van der Waals surface area contributed by atoms with Crippen molar-refractivity contribution >= 4 is 22.9 Å². The molecule has 156 valence electrons. The largest absolute Gasteiger partial charge is 0.425 e. The van der Waals surface area contributed by atoms with Gasteiger partial charge in [-0.1, -0.05) is 6.08 Å². The van der Waals surface area contributed by atoms with Crippen molar-refractivity contribution in [2.24, 2.45) is 0 Å². The summed E-state index contributed by atoms with van der Waals surface area (Å²) in [5.41, 5.74) is 1.08. The molecular formula is C19H15F4N5OS. The van der Waals surface area contributed by atoms with E-state index in [0.717, 1.165) is 17.8 Å². The van der Waals surface area contributed by atoms with Crippen LogP contribution in [0, 0.1) is 5.82 Å². The van der Waals surface area contributed by atoms with Crippen LogP contribution in [0.1, 0.15) is 21.9 Å². The molecule has 1 aliphatic heterocycles. The van der Waals surface area contributed by atoms with E-state index < -0.39 is 22.6 Å². The molecule has 0 atom stereocenters. The van der Waals surface area contributed by atoms with Gasteiger partial charge in [0.15, 0.2) is 0 Å². The summed E-state index contributed by atoms with van der Waals surface area (Å²) in [5, 5.41) is 0. The van der Waals surface area contributed by atoms with Gasteiger partial charge in [-0.25, -0.2) is 14.2 Å². The van der Waals surface area contributed by atoms with Crippen molar-refractivity contribution in [1.82, 2.24) is 19.5 Å². The Hall–Kier alpha value is -3.08. The first-order valence-electron chi connectivity index (χ1n) is 8.95. The summed E-state index contributed by atoms with van der Waals surface area (Å²) in [7, 11) is 0. The molecule has 0 spiro atoms. The molecule has 0 aliphatic carbocycles. The lowest BCUT2D eigenvalue weighted by Crippen LogP contribution is -2.34. The predicted octanol–water partition coefficient (Wildman–Crippen LogP) is 3.59. The minimum Gasteiger partial charge on any atom is -0.337 e. The van der Waals surface area contributed by atoms with E-state index in [-0.39, 0.29) is 12.5 Å². The first-order chi connectivity index (χ1) is 14.3. The SMILES string of the molecule is O=c1nc(N2CC=C(c3ccc(F)cn3)CC2)ncn1Cc1ccc(C(F)(F)F)s1. The van der Waals surface area contributed by atoms with Crippen LogP contribution in [0.3, 0.4) is 0 Å². The van der Waals surface area contributed by atoms with Crippen LogP contribution < -0.4 is 10.6 Å². The molecule has 6 nitrogen and oxygen atoms in total. The first kappa shape index (κ1) is 20.2. The fraction of sp³-hybridized carbons (Fsp3) is 0.263. The summed E-state index contributed by atoms with van der Waals surface area (Å²) in [4.78, 5) is 26.0. The molecule has 11 heteroatoms. The van der Waals surface area contributed by atoms with E-state index in [4.69, 9.17) is 0 Å². The van der Waals surface area contributed by atoms with Crippen molar-refractivity contribution < 1.29 is 17.6 Å². The lowest BCUT2D eigenvalue weighted by atomic mass is 10.0. The Morgan fingerprint density at radius 3 is 2.57 bits per heavy atom. The Morgan fingerprint density at radius 2 is 1.97 bits per heavy atom. The van der Waals surface area contributed by atoms with Gasteiger partial charge in [0.1, 0.15) is 17.0 Å². The number of hydrogen-bond acceptors (Lipinski definition) is 6. The monoisotopic (exact) mass is 437 g/mol. The Morgan fingerprint density at radius 1 is 1.13 bits per heavy atom. The van der Waals surface area contributed by atoms with Crippen LogP contribution in [0.25, 0.3) is 5.57 Å². The van der Waals surface area contributed by atoms with Crippen molar-refractivity contribution in [2.75, 3.05) is 18.0 Å². The van der Waals surface area contributed by atoms with E-state index in [2.05, 4.69) is 15.0 Å². The van der Waals surface area contributed by atoms with E-state index in [1.807, 2.05) is 11.0 Å². The number of hydrogen-bond donors (Lipinski definition) is 0. The second kappa shape index (κ2) is 7.98. The summed E-state index contributed by atoms with van der Waals surface area (Å²) in [6, 6.07) is 5.30. The zero-order chi connectivity index (χ0) is 21.3. The number of halogens is 4. The van der Waals surface area contributed by atoms with E-state index in [0.29, 0.717) is 41.4 Å². The van der Waals surface area contributed by atoms with Crippen molar-refractivity contribution in [3.63, 3.8) is 0 Å². The van der Waals surface area contributed by atoms with Gasteiger partial charge >= 0.3 is 11.9 Å². The lowest BCUT2D eigenvalue weighted by Gasteiger charge is -2.26. The maximum Gasteiger partial charge on any atom is 0.425 e. The first-order valence-corrected chi connectivity index (χ1v) is 9.76. The Balaban J connectivity index is 1.45. The number of thiophene rings is 1. The molecule has 0 N–H and O–H groups in total. The molecule has 4 rings (SSSR count). The summed E-state index contributed by atoms with van der Waals surface area (Å²) in [5.74, 6) is -0.149. The Kier molecular flexibility index (Phi) is 5.37. The molecule has 0 aromatic carbocycles. The van der Waals surface area contributed by atoms with Crippen LogP contribution in [0.2, 0.25) is 0 Å². The van der Waals surface area contributed by atoms with Crippen LogP contribution >= 0.6 is 11.3 Å². The van der Waals surface area contributed by atoms with E-state index in [9.17, 15) is 22.4 Å². The number of nitrogens with zero attached hydrogens (tertiary/aromatic N) is 5. The number of pyridine rings is 1. The van der Waals surface area contributed by atoms with Gasteiger partial charge in [-0.05, 0) is 36.3 Å². The van der Waals surface area contributed by atoms with Gasteiger partial charge in [0.2, 0.25) is 5.95 Å². The van der Waals surface area contributed by atoms with Crippen LogP contribution in [0.4, 0.5) is 23.5 Å².